The van der Waals surface area contributed by atoms with Crippen LogP contribution in [0.5, 0.6) is 5.88 Å². The second kappa shape index (κ2) is 5.55. The lowest BCUT2D eigenvalue weighted by atomic mass is 9.98. The number of anilines is 2. The van der Waals surface area contributed by atoms with Gasteiger partial charge in [-0.25, -0.2) is 4.98 Å². The Labute approximate surface area is 124 Å². The first kappa shape index (κ1) is 15.6. The van der Waals surface area contributed by atoms with Crippen molar-refractivity contribution < 1.29 is 17.9 Å². The molecule has 116 valence electrons. The third kappa shape index (κ3) is 2.80. The number of ether oxygens (including phenoxy) is 1. The number of nitrogens with two attached hydrogens (primary N) is 2. The molecule has 1 aromatic carbocycles. The fourth-order valence-electron chi connectivity index (χ4n) is 1.98. The van der Waals surface area contributed by atoms with Crippen molar-refractivity contribution >= 4 is 17.6 Å². The van der Waals surface area contributed by atoms with Gasteiger partial charge in [0.2, 0.25) is 5.88 Å². The van der Waals surface area contributed by atoms with Crippen molar-refractivity contribution in [3.63, 3.8) is 0 Å². The van der Waals surface area contributed by atoms with Gasteiger partial charge in [0.25, 0.3) is 0 Å². The number of hydrogen-bond acceptors (Lipinski definition) is 5. The summed E-state index contributed by atoms with van der Waals surface area (Å²) >= 11 is 0. The van der Waals surface area contributed by atoms with Crippen LogP contribution in [0.2, 0.25) is 0 Å². The second-order valence-electron chi connectivity index (χ2n) is 4.46. The van der Waals surface area contributed by atoms with E-state index >= 15 is 0 Å². The molecular formula is C14H13F3N4O. The van der Waals surface area contributed by atoms with Gasteiger partial charge in [-0.2, -0.15) is 13.2 Å². The van der Waals surface area contributed by atoms with Crippen molar-refractivity contribution in [2.45, 2.75) is 6.18 Å². The largest absolute Gasteiger partial charge is 0.481 e. The lowest BCUT2D eigenvalue weighted by Gasteiger charge is -2.15. The van der Waals surface area contributed by atoms with E-state index in [0.717, 1.165) is 18.3 Å². The number of methoxy groups -OCH3 is 1. The Balaban J connectivity index is 2.78. The van der Waals surface area contributed by atoms with Gasteiger partial charge in [-0.1, -0.05) is 0 Å². The molecule has 22 heavy (non-hydrogen) atoms. The number of alkyl halides is 3. The zero-order valence-corrected chi connectivity index (χ0v) is 11.5. The minimum atomic E-state index is -4.57. The van der Waals surface area contributed by atoms with Crippen molar-refractivity contribution in [3.05, 3.63) is 35.4 Å². The van der Waals surface area contributed by atoms with Crippen LogP contribution in [0.25, 0.3) is 11.3 Å². The molecule has 0 aliphatic rings. The lowest BCUT2D eigenvalue weighted by molar-refractivity contribution is -0.137. The summed E-state index contributed by atoms with van der Waals surface area (Å²) in [6.45, 7) is 0. The molecule has 0 saturated heterocycles. The third-order valence-electron chi connectivity index (χ3n) is 3.05. The number of nitrogens with zero attached hydrogens (tertiary/aromatic N) is 1. The number of benzene rings is 1. The number of nitrogens with one attached hydrogen (secondary N) is 1. The highest BCUT2D eigenvalue weighted by Crippen LogP contribution is 2.37. The highest BCUT2D eigenvalue weighted by atomic mass is 19.4. The molecule has 0 saturated carbocycles. The van der Waals surface area contributed by atoms with E-state index in [1.165, 1.54) is 19.2 Å². The zero-order chi connectivity index (χ0) is 16.5. The van der Waals surface area contributed by atoms with Crippen LogP contribution in [0.1, 0.15) is 11.1 Å². The molecule has 2 aromatic rings. The predicted molar refractivity (Wildman–Crippen MR) is 77.9 cm³/mol. The van der Waals surface area contributed by atoms with Crippen LogP contribution in [0, 0.1) is 5.41 Å². The average molecular weight is 310 g/mol. The average Bonchev–Trinajstić information content (AvgIpc) is 2.46. The van der Waals surface area contributed by atoms with Gasteiger partial charge in [-0.15, -0.1) is 0 Å². The first-order valence-electron chi connectivity index (χ1n) is 6.10. The van der Waals surface area contributed by atoms with Gasteiger partial charge in [0, 0.05) is 29.1 Å². The van der Waals surface area contributed by atoms with E-state index in [1.54, 1.807) is 0 Å². The van der Waals surface area contributed by atoms with E-state index in [4.69, 9.17) is 21.6 Å². The van der Waals surface area contributed by atoms with Crippen LogP contribution < -0.4 is 16.2 Å². The van der Waals surface area contributed by atoms with Gasteiger partial charge in [-0.3, -0.25) is 0 Å². The summed E-state index contributed by atoms with van der Waals surface area (Å²) in [7, 11) is 1.38. The summed E-state index contributed by atoms with van der Waals surface area (Å²) in [5.74, 6) is 0.191. The monoisotopic (exact) mass is 310 g/mol. The maximum absolute atomic E-state index is 13.0. The predicted octanol–water partition coefficient (Wildman–Crippen LogP) is 2.94. The molecule has 0 amide bonds. The molecule has 0 bridgehead atoms. The molecule has 2 rings (SSSR count). The van der Waals surface area contributed by atoms with E-state index in [-0.39, 0.29) is 34.1 Å². The lowest BCUT2D eigenvalue weighted by Crippen LogP contribution is -2.09. The Morgan fingerprint density at radius 1 is 1.18 bits per heavy atom. The van der Waals surface area contributed by atoms with Crippen LogP contribution in [0.15, 0.2) is 24.3 Å². The van der Waals surface area contributed by atoms with Crippen LogP contribution in [-0.4, -0.2) is 18.3 Å². The van der Waals surface area contributed by atoms with E-state index < -0.39 is 11.7 Å². The summed E-state index contributed by atoms with van der Waals surface area (Å²) in [6.07, 6.45) is -3.71. The van der Waals surface area contributed by atoms with Crippen molar-refractivity contribution in [3.8, 4) is 17.1 Å². The van der Waals surface area contributed by atoms with Crippen molar-refractivity contribution in [1.29, 1.82) is 5.41 Å². The summed E-state index contributed by atoms with van der Waals surface area (Å²) in [5, 5.41) is 7.38. The molecule has 0 radical (unpaired) electrons. The molecule has 1 aromatic heterocycles. The zero-order valence-electron chi connectivity index (χ0n) is 11.5. The number of pyridine rings is 1. The first-order chi connectivity index (χ1) is 10.3. The quantitative estimate of drug-likeness (QED) is 0.599. The smallest absolute Gasteiger partial charge is 0.416 e. The number of hydrogen-bond donors (Lipinski definition) is 3. The summed E-state index contributed by atoms with van der Waals surface area (Å²) in [6, 6.07) is 4.60. The maximum Gasteiger partial charge on any atom is 0.416 e. The maximum atomic E-state index is 13.0. The molecule has 0 aliphatic heterocycles. The highest BCUT2D eigenvalue weighted by molar-refractivity contribution is 5.96. The fourth-order valence-corrected chi connectivity index (χ4v) is 1.98. The highest BCUT2D eigenvalue weighted by Gasteiger charge is 2.32. The van der Waals surface area contributed by atoms with Crippen molar-refractivity contribution in [2.75, 3.05) is 18.6 Å². The molecule has 8 heteroatoms. The normalized spacial score (nSPS) is 11.3. The van der Waals surface area contributed by atoms with Gasteiger partial charge in [0.15, 0.2) is 0 Å². The van der Waals surface area contributed by atoms with Gasteiger partial charge in [-0.05, 0) is 18.2 Å². The van der Waals surface area contributed by atoms with Crippen LogP contribution >= 0.6 is 0 Å². The van der Waals surface area contributed by atoms with Gasteiger partial charge < -0.3 is 21.6 Å². The van der Waals surface area contributed by atoms with E-state index in [1.807, 2.05) is 0 Å². The number of halogens is 3. The minimum Gasteiger partial charge on any atom is -0.481 e. The molecule has 0 unspecified atom stereocenters. The van der Waals surface area contributed by atoms with Gasteiger partial charge in [0.1, 0.15) is 0 Å². The van der Waals surface area contributed by atoms with Crippen LogP contribution in [-0.2, 0) is 6.18 Å². The molecule has 1 heterocycles. The molecule has 0 aliphatic carbocycles. The van der Waals surface area contributed by atoms with Crippen LogP contribution in [0.4, 0.5) is 24.5 Å². The molecular weight excluding hydrogens is 297 g/mol. The van der Waals surface area contributed by atoms with Gasteiger partial charge in [0.05, 0.1) is 24.1 Å². The number of rotatable bonds is 3. The van der Waals surface area contributed by atoms with E-state index in [9.17, 15) is 13.2 Å². The Morgan fingerprint density at radius 3 is 2.41 bits per heavy atom. The van der Waals surface area contributed by atoms with E-state index in [0.29, 0.717) is 0 Å². The standard InChI is InChI=1S/C14H13F3N4O/c1-22-12-3-2-10(19)13(21-12)8-4-7(14(15,16)17)5-11(20)9(8)6-18/h2-6,18H,19-20H2,1H3. The Kier molecular flexibility index (Phi) is 3.94. The molecule has 0 atom stereocenters. The number of nitrogen functional groups attached to an aromatic ring is 2. The second-order valence-corrected chi connectivity index (χ2v) is 4.46. The first-order valence-corrected chi connectivity index (χ1v) is 6.10. The summed E-state index contributed by atoms with van der Waals surface area (Å²) in [5.41, 5.74) is 10.7. The molecule has 0 fully saturated rings. The number of aromatic nitrogens is 1. The third-order valence-corrected chi connectivity index (χ3v) is 3.05. The van der Waals surface area contributed by atoms with Crippen molar-refractivity contribution in [2.24, 2.45) is 0 Å². The topological polar surface area (TPSA) is 98.0 Å². The van der Waals surface area contributed by atoms with Gasteiger partial charge >= 0.3 is 6.18 Å². The molecule has 0 spiro atoms. The molecule has 5 N–H and O–H groups in total. The Hall–Kier alpha value is -2.77. The SMILES string of the molecule is COc1ccc(N)c(-c2cc(C(F)(F)F)cc(N)c2C=N)n1. The molecule has 5 nitrogen and oxygen atoms in total. The Morgan fingerprint density at radius 2 is 1.86 bits per heavy atom. The fraction of sp³-hybridized carbons (Fsp3) is 0.143. The van der Waals surface area contributed by atoms with Crippen LogP contribution in [0.3, 0.4) is 0 Å². The van der Waals surface area contributed by atoms with Crippen molar-refractivity contribution in [1.82, 2.24) is 4.98 Å². The Bertz CT molecular complexity index is 729. The minimum absolute atomic E-state index is 0.0266. The summed E-state index contributed by atoms with van der Waals surface area (Å²) < 4.78 is 43.8. The van der Waals surface area contributed by atoms with E-state index in [2.05, 4.69) is 4.98 Å². The summed E-state index contributed by atoms with van der Waals surface area (Å²) in [4.78, 5) is 4.06.